The Morgan fingerprint density at radius 1 is 1.05 bits per heavy atom. The molecule has 0 aliphatic heterocycles. The van der Waals surface area contributed by atoms with E-state index in [1.807, 2.05) is 30.3 Å². The summed E-state index contributed by atoms with van der Waals surface area (Å²) in [5.74, 6) is 0. The quantitative estimate of drug-likeness (QED) is 0.763. The highest BCUT2D eigenvalue weighted by Crippen LogP contribution is 2.17. The monoisotopic (exact) mass is 292 g/mol. The molecule has 0 aliphatic rings. The Hall–Kier alpha value is -2.55. The SMILES string of the molecule is CCc1ccccc1NCc1cc2cc(C)ccc2[nH]c1=O. The summed E-state index contributed by atoms with van der Waals surface area (Å²) in [7, 11) is 0. The summed E-state index contributed by atoms with van der Waals surface area (Å²) in [5, 5.41) is 4.45. The lowest BCUT2D eigenvalue weighted by molar-refractivity contribution is 1.06. The van der Waals surface area contributed by atoms with Crippen LogP contribution in [0, 0.1) is 6.92 Å². The molecule has 2 aromatic carbocycles. The number of H-pyrrole nitrogens is 1. The summed E-state index contributed by atoms with van der Waals surface area (Å²) >= 11 is 0. The summed E-state index contributed by atoms with van der Waals surface area (Å²) in [6, 6.07) is 16.2. The van der Waals surface area contributed by atoms with Crippen molar-refractivity contribution in [1.82, 2.24) is 4.98 Å². The van der Waals surface area contributed by atoms with Gasteiger partial charge in [0, 0.05) is 23.3 Å². The predicted octanol–water partition coefficient (Wildman–Crippen LogP) is 4.01. The van der Waals surface area contributed by atoms with Gasteiger partial charge in [0.15, 0.2) is 0 Å². The van der Waals surface area contributed by atoms with Crippen molar-refractivity contribution < 1.29 is 0 Å². The lowest BCUT2D eigenvalue weighted by Gasteiger charge is -2.11. The molecule has 0 aliphatic carbocycles. The molecule has 0 bridgehead atoms. The van der Waals surface area contributed by atoms with Gasteiger partial charge in [-0.15, -0.1) is 0 Å². The smallest absolute Gasteiger partial charge is 0.253 e. The molecule has 0 saturated carbocycles. The first-order valence-corrected chi connectivity index (χ1v) is 7.61. The first kappa shape index (κ1) is 14.4. The molecule has 0 unspecified atom stereocenters. The lowest BCUT2D eigenvalue weighted by atomic mass is 10.1. The van der Waals surface area contributed by atoms with Gasteiger partial charge in [-0.2, -0.15) is 0 Å². The number of fused-ring (bicyclic) bond motifs is 1. The number of pyridine rings is 1. The van der Waals surface area contributed by atoms with Crippen LogP contribution in [0.4, 0.5) is 5.69 Å². The Kier molecular flexibility index (Phi) is 3.96. The van der Waals surface area contributed by atoms with Crippen LogP contribution in [0.2, 0.25) is 0 Å². The second-order valence-corrected chi connectivity index (χ2v) is 5.58. The zero-order valence-electron chi connectivity index (χ0n) is 12.9. The Balaban J connectivity index is 1.90. The third-order valence-corrected chi connectivity index (χ3v) is 3.94. The molecule has 3 nitrogen and oxygen atoms in total. The van der Waals surface area contributed by atoms with Crippen molar-refractivity contribution >= 4 is 16.6 Å². The Morgan fingerprint density at radius 3 is 2.68 bits per heavy atom. The van der Waals surface area contributed by atoms with Crippen LogP contribution < -0.4 is 10.9 Å². The van der Waals surface area contributed by atoms with Gasteiger partial charge in [-0.3, -0.25) is 4.79 Å². The molecule has 3 rings (SSSR count). The van der Waals surface area contributed by atoms with Crippen LogP contribution >= 0.6 is 0 Å². The summed E-state index contributed by atoms with van der Waals surface area (Å²) in [6.07, 6.45) is 0.969. The van der Waals surface area contributed by atoms with Crippen molar-refractivity contribution in [3.05, 3.63) is 75.6 Å². The molecular formula is C19H20N2O. The van der Waals surface area contributed by atoms with Gasteiger partial charge in [0.1, 0.15) is 0 Å². The molecule has 2 N–H and O–H groups in total. The Bertz CT molecular complexity index is 865. The van der Waals surface area contributed by atoms with E-state index >= 15 is 0 Å². The Morgan fingerprint density at radius 2 is 1.86 bits per heavy atom. The number of aromatic amines is 1. The topological polar surface area (TPSA) is 44.9 Å². The minimum Gasteiger partial charge on any atom is -0.381 e. The van der Waals surface area contributed by atoms with E-state index in [0.29, 0.717) is 6.54 Å². The van der Waals surface area contributed by atoms with Gasteiger partial charge in [0.05, 0.1) is 0 Å². The average Bonchev–Trinajstić information content (AvgIpc) is 2.53. The highest BCUT2D eigenvalue weighted by atomic mass is 16.1. The highest BCUT2D eigenvalue weighted by molar-refractivity contribution is 5.79. The molecule has 1 heterocycles. The van der Waals surface area contributed by atoms with Gasteiger partial charge >= 0.3 is 0 Å². The van der Waals surface area contributed by atoms with Gasteiger partial charge in [-0.05, 0) is 48.6 Å². The van der Waals surface area contributed by atoms with Crippen LogP contribution in [-0.4, -0.2) is 4.98 Å². The lowest BCUT2D eigenvalue weighted by Crippen LogP contribution is -2.16. The summed E-state index contributed by atoms with van der Waals surface area (Å²) in [6.45, 7) is 4.71. The van der Waals surface area contributed by atoms with E-state index in [0.717, 1.165) is 28.6 Å². The van der Waals surface area contributed by atoms with Crippen LogP contribution in [-0.2, 0) is 13.0 Å². The van der Waals surface area contributed by atoms with Crippen LogP contribution in [0.5, 0.6) is 0 Å². The number of aromatic nitrogens is 1. The van der Waals surface area contributed by atoms with E-state index < -0.39 is 0 Å². The van der Waals surface area contributed by atoms with E-state index in [1.54, 1.807) is 0 Å². The minimum atomic E-state index is -0.0298. The van der Waals surface area contributed by atoms with Gasteiger partial charge in [-0.1, -0.05) is 36.8 Å². The van der Waals surface area contributed by atoms with Crippen molar-refractivity contribution in [3.8, 4) is 0 Å². The maximum atomic E-state index is 12.2. The number of rotatable bonds is 4. The van der Waals surface area contributed by atoms with Crippen molar-refractivity contribution in [2.75, 3.05) is 5.32 Å². The molecule has 3 heteroatoms. The van der Waals surface area contributed by atoms with Crippen LogP contribution in [0.25, 0.3) is 10.9 Å². The fraction of sp³-hybridized carbons (Fsp3) is 0.211. The first-order valence-electron chi connectivity index (χ1n) is 7.61. The number of para-hydroxylation sites is 1. The Labute approximate surface area is 130 Å². The zero-order chi connectivity index (χ0) is 15.5. The molecule has 0 radical (unpaired) electrons. The number of hydrogen-bond acceptors (Lipinski definition) is 2. The van der Waals surface area contributed by atoms with Crippen molar-refractivity contribution in [2.45, 2.75) is 26.8 Å². The molecule has 0 fully saturated rings. The summed E-state index contributed by atoms with van der Waals surface area (Å²) in [5.41, 5.74) is 5.15. The summed E-state index contributed by atoms with van der Waals surface area (Å²) < 4.78 is 0. The molecule has 3 aromatic rings. The van der Waals surface area contributed by atoms with Crippen LogP contribution in [0.15, 0.2) is 53.3 Å². The van der Waals surface area contributed by atoms with E-state index in [1.165, 1.54) is 11.1 Å². The molecule has 0 amide bonds. The first-order chi connectivity index (χ1) is 10.7. The van der Waals surface area contributed by atoms with Crippen molar-refractivity contribution in [3.63, 3.8) is 0 Å². The van der Waals surface area contributed by atoms with E-state index in [4.69, 9.17) is 0 Å². The minimum absolute atomic E-state index is 0.0298. The number of anilines is 1. The maximum Gasteiger partial charge on any atom is 0.253 e. The fourth-order valence-corrected chi connectivity index (χ4v) is 2.69. The van der Waals surface area contributed by atoms with Crippen LogP contribution in [0.3, 0.4) is 0 Å². The predicted molar refractivity (Wildman–Crippen MR) is 92.5 cm³/mol. The van der Waals surface area contributed by atoms with Crippen molar-refractivity contribution in [2.24, 2.45) is 0 Å². The average molecular weight is 292 g/mol. The van der Waals surface area contributed by atoms with E-state index in [-0.39, 0.29) is 5.56 Å². The molecule has 112 valence electrons. The number of aryl methyl sites for hydroxylation is 2. The summed E-state index contributed by atoms with van der Waals surface area (Å²) in [4.78, 5) is 15.2. The van der Waals surface area contributed by atoms with Crippen molar-refractivity contribution in [1.29, 1.82) is 0 Å². The van der Waals surface area contributed by atoms with Gasteiger partial charge in [0.2, 0.25) is 0 Å². The van der Waals surface area contributed by atoms with Gasteiger partial charge in [0.25, 0.3) is 5.56 Å². The number of nitrogens with one attached hydrogen (secondary N) is 2. The van der Waals surface area contributed by atoms with E-state index in [9.17, 15) is 4.79 Å². The maximum absolute atomic E-state index is 12.2. The number of benzene rings is 2. The molecular weight excluding hydrogens is 272 g/mol. The van der Waals surface area contributed by atoms with E-state index in [2.05, 4.69) is 42.3 Å². The molecule has 0 spiro atoms. The highest BCUT2D eigenvalue weighted by Gasteiger charge is 2.05. The number of hydrogen-bond donors (Lipinski definition) is 2. The molecule has 1 aromatic heterocycles. The largest absolute Gasteiger partial charge is 0.381 e. The molecule has 22 heavy (non-hydrogen) atoms. The third kappa shape index (κ3) is 2.89. The third-order valence-electron chi connectivity index (χ3n) is 3.94. The van der Waals surface area contributed by atoms with Crippen LogP contribution in [0.1, 0.15) is 23.6 Å². The van der Waals surface area contributed by atoms with Gasteiger partial charge in [-0.25, -0.2) is 0 Å². The van der Waals surface area contributed by atoms with Gasteiger partial charge < -0.3 is 10.3 Å². The molecule has 0 atom stereocenters. The second-order valence-electron chi connectivity index (χ2n) is 5.58. The molecule has 0 saturated heterocycles. The normalized spacial score (nSPS) is 10.8. The zero-order valence-corrected chi connectivity index (χ0v) is 12.9. The fourth-order valence-electron chi connectivity index (χ4n) is 2.69. The standard InChI is InChI=1S/C19H20N2O/c1-3-14-6-4-5-7-17(14)20-12-16-11-15-10-13(2)8-9-18(15)21-19(16)22/h4-11,20H,3,12H2,1-2H3,(H,21,22). The second kappa shape index (κ2) is 6.06.